The first-order valence-electron chi connectivity index (χ1n) is 8.62. The number of carbonyl (C=O) groups excluding carboxylic acids is 1. The average molecular weight is 448 g/mol. The summed E-state index contributed by atoms with van der Waals surface area (Å²) in [4.78, 5) is 34.4. The number of anilines is 1. The molecule has 0 aliphatic carbocycles. The van der Waals surface area contributed by atoms with Crippen molar-refractivity contribution in [2.24, 2.45) is 0 Å². The number of rotatable bonds is 7. The molecule has 0 aromatic heterocycles. The molecule has 1 amide bonds. The number of aromatic carboxylic acids is 1. The van der Waals surface area contributed by atoms with Gasteiger partial charge in [-0.3, -0.25) is 9.59 Å². The summed E-state index contributed by atoms with van der Waals surface area (Å²) < 4.78 is 5.56. The van der Waals surface area contributed by atoms with E-state index in [9.17, 15) is 19.5 Å². The van der Waals surface area contributed by atoms with E-state index < -0.39 is 24.5 Å². The van der Waals surface area contributed by atoms with E-state index >= 15 is 0 Å². The number of carboxylic acid groups (broad SMARTS) is 2. The number of carboxylic acids is 2. The second-order valence-corrected chi connectivity index (χ2v) is 7.21. The predicted octanol–water partition coefficient (Wildman–Crippen LogP) is 4.49. The summed E-state index contributed by atoms with van der Waals surface area (Å²) in [5.74, 6) is -2.46. The molecule has 3 rings (SSSR count). The van der Waals surface area contributed by atoms with Crippen LogP contribution in [0.3, 0.4) is 0 Å². The van der Waals surface area contributed by atoms with Gasteiger partial charge < -0.3 is 20.3 Å². The molecule has 0 aliphatic rings. The molecule has 0 spiro atoms. The Labute approximate surface area is 180 Å². The molecule has 9 heteroatoms. The molecular weight excluding hydrogens is 433 g/mol. The SMILES string of the molecule is O=C(O)Cc1ccc(NC(=O)COc2cc(C(=O)O)cc3cc(Cl)cc(Cl)c23)cc1. The highest BCUT2D eigenvalue weighted by Gasteiger charge is 2.15. The van der Waals surface area contributed by atoms with Crippen LogP contribution in [0.1, 0.15) is 15.9 Å². The van der Waals surface area contributed by atoms with Crippen LogP contribution in [0.15, 0.2) is 48.5 Å². The Hall–Kier alpha value is -3.29. The first-order valence-corrected chi connectivity index (χ1v) is 9.38. The summed E-state index contributed by atoms with van der Waals surface area (Å²) in [6, 6.07) is 12.1. The van der Waals surface area contributed by atoms with Crippen LogP contribution in [0, 0.1) is 0 Å². The zero-order valence-corrected chi connectivity index (χ0v) is 16.8. The van der Waals surface area contributed by atoms with Gasteiger partial charge in [0.1, 0.15) is 5.75 Å². The molecule has 0 unspecified atom stereocenters. The van der Waals surface area contributed by atoms with Crippen molar-refractivity contribution >= 4 is 57.5 Å². The van der Waals surface area contributed by atoms with Crippen LogP contribution in [-0.4, -0.2) is 34.7 Å². The highest BCUT2D eigenvalue weighted by Crippen LogP contribution is 2.36. The van der Waals surface area contributed by atoms with Crippen LogP contribution in [0.25, 0.3) is 10.8 Å². The minimum atomic E-state index is -1.16. The van der Waals surface area contributed by atoms with Gasteiger partial charge in [-0.15, -0.1) is 0 Å². The van der Waals surface area contributed by atoms with E-state index in [1.165, 1.54) is 18.2 Å². The van der Waals surface area contributed by atoms with Gasteiger partial charge in [0.2, 0.25) is 0 Å². The maximum Gasteiger partial charge on any atom is 0.335 e. The Bertz CT molecular complexity index is 1140. The third kappa shape index (κ3) is 5.20. The highest BCUT2D eigenvalue weighted by molar-refractivity contribution is 6.39. The van der Waals surface area contributed by atoms with Gasteiger partial charge in [0, 0.05) is 16.1 Å². The van der Waals surface area contributed by atoms with Gasteiger partial charge in [-0.2, -0.15) is 0 Å². The van der Waals surface area contributed by atoms with E-state index in [-0.39, 0.29) is 22.8 Å². The van der Waals surface area contributed by atoms with Gasteiger partial charge in [-0.05, 0) is 47.3 Å². The third-order valence-corrected chi connectivity index (χ3v) is 4.64. The van der Waals surface area contributed by atoms with Gasteiger partial charge in [0.25, 0.3) is 5.91 Å². The number of amides is 1. The molecule has 0 fully saturated rings. The minimum Gasteiger partial charge on any atom is -0.483 e. The summed E-state index contributed by atoms with van der Waals surface area (Å²) in [5, 5.41) is 22.2. The molecule has 3 aromatic rings. The fraction of sp³-hybridized carbons (Fsp3) is 0.0952. The predicted molar refractivity (Wildman–Crippen MR) is 113 cm³/mol. The van der Waals surface area contributed by atoms with Gasteiger partial charge in [-0.1, -0.05) is 35.3 Å². The molecule has 0 radical (unpaired) electrons. The Morgan fingerprint density at radius 3 is 2.30 bits per heavy atom. The number of hydrogen-bond donors (Lipinski definition) is 3. The summed E-state index contributed by atoms with van der Waals surface area (Å²) in [5.41, 5.74) is 1.03. The molecule has 0 heterocycles. The van der Waals surface area contributed by atoms with Crippen molar-refractivity contribution in [3.8, 4) is 5.75 Å². The average Bonchev–Trinajstić information content (AvgIpc) is 2.66. The van der Waals surface area contributed by atoms with E-state index in [0.29, 0.717) is 27.0 Å². The second kappa shape index (κ2) is 9.02. The lowest BCUT2D eigenvalue weighted by Crippen LogP contribution is -2.20. The largest absolute Gasteiger partial charge is 0.483 e. The number of hydrogen-bond acceptors (Lipinski definition) is 4. The van der Waals surface area contributed by atoms with Crippen LogP contribution in [0.5, 0.6) is 5.75 Å². The Morgan fingerprint density at radius 1 is 0.967 bits per heavy atom. The van der Waals surface area contributed by atoms with Crippen molar-refractivity contribution in [3.05, 3.63) is 69.7 Å². The van der Waals surface area contributed by atoms with Crippen molar-refractivity contribution in [1.29, 1.82) is 0 Å². The zero-order valence-electron chi connectivity index (χ0n) is 15.3. The summed E-state index contributed by atoms with van der Waals surface area (Å²) in [6.45, 7) is -0.395. The molecule has 7 nitrogen and oxygen atoms in total. The number of carbonyl (C=O) groups is 3. The monoisotopic (exact) mass is 447 g/mol. The quantitative estimate of drug-likeness (QED) is 0.491. The van der Waals surface area contributed by atoms with E-state index in [1.54, 1.807) is 30.3 Å². The maximum atomic E-state index is 12.2. The van der Waals surface area contributed by atoms with Gasteiger partial charge in [0.15, 0.2) is 6.61 Å². The number of fused-ring (bicyclic) bond motifs is 1. The molecule has 3 N–H and O–H groups in total. The normalized spacial score (nSPS) is 10.6. The van der Waals surface area contributed by atoms with Crippen LogP contribution in [0.2, 0.25) is 10.0 Å². The van der Waals surface area contributed by atoms with Crippen molar-refractivity contribution in [1.82, 2.24) is 0 Å². The second-order valence-electron chi connectivity index (χ2n) is 6.37. The topological polar surface area (TPSA) is 113 Å². The lowest BCUT2D eigenvalue weighted by molar-refractivity contribution is -0.136. The van der Waals surface area contributed by atoms with Crippen molar-refractivity contribution < 1.29 is 29.3 Å². The van der Waals surface area contributed by atoms with Gasteiger partial charge in [0.05, 0.1) is 17.0 Å². The van der Waals surface area contributed by atoms with E-state index in [0.717, 1.165) is 0 Å². The zero-order chi connectivity index (χ0) is 21.8. The smallest absolute Gasteiger partial charge is 0.335 e. The van der Waals surface area contributed by atoms with Gasteiger partial charge in [-0.25, -0.2) is 4.79 Å². The molecule has 3 aromatic carbocycles. The Balaban J connectivity index is 1.77. The number of nitrogens with one attached hydrogen (secondary N) is 1. The highest BCUT2D eigenvalue weighted by atomic mass is 35.5. The first-order chi connectivity index (χ1) is 14.2. The number of halogens is 2. The van der Waals surface area contributed by atoms with Crippen molar-refractivity contribution in [3.63, 3.8) is 0 Å². The standard InChI is InChI=1S/C21H15Cl2NO6/c22-14-7-12-6-13(21(28)29)8-17(20(12)16(23)9-14)30-10-18(25)24-15-3-1-11(2-4-15)5-19(26)27/h1-4,6-9H,5,10H2,(H,24,25)(H,26,27)(H,28,29). The van der Waals surface area contributed by atoms with Crippen LogP contribution in [-0.2, 0) is 16.0 Å². The maximum absolute atomic E-state index is 12.2. The Kier molecular flexibility index (Phi) is 6.44. The van der Waals surface area contributed by atoms with Crippen LogP contribution in [0.4, 0.5) is 5.69 Å². The molecule has 0 saturated heterocycles. The summed E-state index contributed by atoms with van der Waals surface area (Å²) in [6.07, 6.45) is -0.116. The number of aliphatic carboxylic acids is 1. The molecule has 30 heavy (non-hydrogen) atoms. The van der Waals surface area contributed by atoms with Crippen molar-refractivity contribution in [2.45, 2.75) is 6.42 Å². The lowest BCUT2D eigenvalue weighted by atomic mass is 10.1. The first kappa shape index (κ1) is 21.4. The molecule has 0 bridgehead atoms. The molecule has 154 valence electrons. The lowest BCUT2D eigenvalue weighted by Gasteiger charge is -2.13. The summed E-state index contributed by atoms with van der Waals surface area (Å²) >= 11 is 12.2. The number of benzene rings is 3. The molecule has 0 atom stereocenters. The minimum absolute atomic E-state index is 0.0368. The number of ether oxygens (including phenoxy) is 1. The third-order valence-electron chi connectivity index (χ3n) is 4.13. The van der Waals surface area contributed by atoms with Crippen LogP contribution >= 0.6 is 23.2 Å². The molecule has 0 aliphatic heterocycles. The van der Waals surface area contributed by atoms with Crippen LogP contribution < -0.4 is 10.1 Å². The summed E-state index contributed by atoms with van der Waals surface area (Å²) in [7, 11) is 0. The molecule has 0 saturated carbocycles. The fourth-order valence-corrected chi connectivity index (χ4v) is 3.45. The van der Waals surface area contributed by atoms with E-state index in [4.69, 9.17) is 33.0 Å². The molecular formula is C21H15Cl2NO6. The fourth-order valence-electron chi connectivity index (χ4n) is 2.85. The van der Waals surface area contributed by atoms with Gasteiger partial charge >= 0.3 is 11.9 Å². The van der Waals surface area contributed by atoms with Crippen molar-refractivity contribution in [2.75, 3.05) is 11.9 Å². The Morgan fingerprint density at radius 2 is 1.67 bits per heavy atom. The van der Waals surface area contributed by atoms with E-state index in [2.05, 4.69) is 5.32 Å². The van der Waals surface area contributed by atoms with E-state index in [1.807, 2.05) is 0 Å².